The van der Waals surface area contributed by atoms with Gasteiger partial charge in [-0.2, -0.15) is 0 Å². The number of fused-ring (bicyclic) bond motifs is 1. The molecule has 0 saturated heterocycles. The van der Waals surface area contributed by atoms with Crippen molar-refractivity contribution < 1.29 is 13.8 Å². The van der Waals surface area contributed by atoms with E-state index in [1.165, 1.54) is 24.0 Å². The van der Waals surface area contributed by atoms with Crippen LogP contribution >= 0.6 is 11.3 Å². The van der Waals surface area contributed by atoms with Crippen molar-refractivity contribution in [1.82, 2.24) is 20.1 Å². The van der Waals surface area contributed by atoms with Gasteiger partial charge in [0.1, 0.15) is 12.1 Å². The van der Waals surface area contributed by atoms with Gasteiger partial charge < -0.3 is 10.6 Å². The first-order valence-corrected chi connectivity index (χ1v) is 16.0. The Balaban J connectivity index is 1.26. The van der Waals surface area contributed by atoms with Crippen LogP contribution in [-0.4, -0.2) is 43.5 Å². The summed E-state index contributed by atoms with van der Waals surface area (Å²) in [5.74, 6) is 1.52. The summed E-state index contributed by atoms with van der Waals surface area (Å²) in [5, 5.41) is 14.8. The maximum Gasteiger partial charge on any atom is 0.252 e. The van der Waals surface area contributed by atoms with Crippen molar-refractivity contribution in [2.75, 3.05) is 18.1 Å². The van der Waals surface area contributed by atoms with Crippen LogP contribution in [0.4, 0.5) is 11.6 Å². The second-order valence-corrected chi connectivity index (χ2v) is 14.2. The average Bonchev–Trinajstić information content (AvgIpc) is 3.81. The maximum atomic E-state index is 13.4. The Morgan fingerprint density at radius 1 is 1.21 bits per heavy atom. The summed E-state index contributed by atoms with van der Waals surface area (Å²) in [7, 11) is -2.84. The normalized spacial score (nSPS) is 20.4. The number of rotatable bonds is 10. The van der Waals surface area contributed by atoms with E-state index in [0.717, 1.165) is 36.1 Å². The highest BCUT2D eigenvalue weighted by Gasteiger charge is 2.35. The fourth-order valence-corrected chi connectivity index (χ4v) is 7.20. The van der Waals surface area contributed by atoms with E-state index in [0.29, 0.717) is 47.4 Å². The van der Waals surface area contributed by atoms with Crippen LogP contribution in [0.5, 0.6) is 0 Å². The third kappa shape index (κ3) is 5.40. The predicted octanol–water partition coefficient (Wildman–Crippen LogP) is 4.51. The molecular weight excluding hydrogens is 520 g/mol. The van der Waals surface area contributed by atoms with Crippen LogP contribution in [0.2, 0.25) is 0 Å². The van der Waals surface area contributed by atoms with Crippen molar-refractivity contribution in [2.45, 2.75) is 62.3 Å². The predicted molar refractivity (Wildman–Crippen MR) is 147 cm³/mol. The third-order valence-electron chi connectivity index (χ3n) is 7.66. The van der Waals surface area contributed by atoms with Crippen LogP contribution in [0.1, 0.15) is 63.8 Å². The molecule has 11 heteroatoms. The summed E-state index contributed by atoms with van der Waals surface area (Å²) in [5.41, 5.74) is 2.46. The van der Waals surface area contributed by atoms with Crippen molar-refractivity contribution in [3.8, 4) is 0 Å². The fraction of sp³-hybridized carbons (Fsp3) is 0.481. The fourth-order valence-electron chi connectivity index (χ4n) is 5.15. The zero-order chi connectivity index (χ0) is 26.4. The summed E-state index contributed by atoms with van der Waals surface area (Å²) in [6, 6.07) is 7.05. The minimum Gasteiger partial charge on any atom is -0.352 e. The first kappa shape index (κ1) is 25.2. The highest BCUT2D eigenvalue weighted by molar-refractivity contribution is 7.91. The Morgan fingerprint density at radius 3 is 2.76 bits per heavy atom. The first-order valence-electron chi connectivity index (χ1n) is 13.2. The maximum absolute atomic E-state index is 13.4. The smallest absolute Gasteiger partial charge is 0.252 e. The average molecular weight is 553 g/mol. The van der Waals surface area contributed by atoms with Crippen LogP contribution < -0.4 is 10.6 Å². The van der Waals surface area contributed by atoms with Crippen molar-refractivity contribution in [3.63, 3.8) is 0 Å². The van der Waals surface area contributed by atoms with E-state index in [4.69, 9.17) is 4.78 Å². The van der Waals surface area contributed by atoms with Gasteiger partial charge in [-0.1, -0.05) is 6.07 Å². The van der Waals surface area contributed by atoms with Gasteiger partial charge in [-0.15, -0.1) is 21.5 Å². The standard InChI is InChI=1S/C27H32N6O3S2/c1-38(28,36)20-4-2-3-18(11-20)31-27-32-30-15-33(27)19-9-10-23-21(12-19)25(26(35)29-14-16-5-6-16)24(37-23)13-22(34)17-7-8-17/h2-4,11,15-17,19,28H,5-10,12-14H2,1H3,(H,29,35)(H,31,32)/t19-,38-/m0/s1. The van der Waals surface area contributed by atoms with Gasteiger partial charge in [0.05, 0.1) is 15.3 Å². The number of hydrogen-bond donors (Lipinski definition) is 3. The van der Waals surface area contributed by atoms with Crippen molar-refractivity contribution in [3.05, 3.63) is 51.5 Å². The number of amides is 1. The lowest BCUT2D eigenvalue weighted by molar-refractivity contribution is -0.119. The van der Waals surface area contributed by atoms with Gasteiger partial charge in [0.25, 0.3) is 5.91 Å². The summed E-state index contributed by atoms with van der Waals surface area (Å²) < 4.78 is 22.1. The third-order valence-corrected chi connectivity index (χ3v) is 10.1. The van der Waals surface area contributed by atoms with E-state index >= 15 is 0 Å². The molecule has 0 spiro atoms. The molecule has 0 radical (unpaired) electrons. The number of carbonyl (C=O) groups excluding carboxylic acids is 2. The summed E-state index contributed by atoms with van der Waals surface area (Å²) in [4.78, 5) is 28.7. The van der Waals surface area contributed by atoms with Gasteiger partial charge in [-0.25, -0.2) is 8.99 Å². The zero-order valence-electron chi connectivity index (χ0n) is 21.4. The van der Waals surface area contributed by atoms with Gasteiger partial charge in [0.15, 0.2) is 0 Å². The van der Waals surface area contributed by atoms with E-state index in [1.807, 2.05) is 10.6 Å². The molecule has 2 heterocycles. The van der Waals surface area contributed by atoms with Crippen LogP contribution in [0.15, 0.2) is 35.5 Å². The van der Waals surface area contributed by atoms with Crippen LogP contribution in [0.25, 0.3) is 0 Å². The van der Waals surface area contributed by atoms with Crippen LogP contribution in [0, 0.1) is 16.6 Å². The molecule has 0 unspecified atom stereocenters. The number of carbonyl (C=O) groups is 2. The molecule has 2 aromatic heterocycles. The molecule has 200 valence electrons. The van der Waals surface area contributed by atoms with Gasteiger partial charge >= 0.3 is 0 Å². The molecule has 2 atom stereocenters. The largest absolute Gasteiger partial charge is 0.352 e. The summed E-state index contributed by atoms with van der Waals surface area (Å²) >= 11 is 1.64. The Morgan fingerprint density at radius 2 is 2.03 bits per heavy atom. The zero-order valence-corrected chi connectivity index (χ0v) is 23.0. The molecule has 2 saturated carbocycles. The number of nitrogens with one attached hydrogen (secondary N) is 3. The van der Waals surface area contributed by atoms with Crippen molar-refractivity contribution >= 4 is 44.4 Å². The Hall–Kier alpha value is -3.05. The van der Waals surface area contributed by atoms with E-state index in [1.54, 1.807) is 35.9 Å². The lowest BCUT2D eigenvalue weighted by Crippen LogP contribution is -2.28. The van der Waals surface area contributed by atoms with Gasteiger partial charge in [0.2, 0.25) is 5.95 Å². The number of anilines is 2. The lowest BCUT2D eigenvalue weighted by atomic mass is 9.90. The molecule has 0 aliphatic heterocycles. The van der Waals surface area contributed by atoms with Gasteiger partial charge in [0, 0.05) is 51.5 Å². The van der Waals surface area contributed by atoms with Gasteiger partial charge in [-0.3, -0.25) is 14.2 Å². The topological polar surface area (TPSA) is 130 Å². The molecule has 2 fully saturated rings. The summed E-state index contributed by atoms with van der Waals surface area (Å²) in [6.45, 7) is 0.698. The number of aryl methyl sites for hydroxylation is 1. The van der Waals surface area contributed by atoms with E-state index < -0.39 is 9.73 Å². The number of nitrogens with zero attached hydrogens (tertiary/aromatic N) is 3. The monoisotopic (exact) mass is 552 g/mol. The van der Waals surface area contributed by atoms with E-state index in [-0.39, 0.29) is 23.7 Å². The number of benzene rings is 1. The molecule has 1 aromatic carbocycles. The molecular formula is C27H32N6O3S2. The molecule has 6 rings (SSSR count). The minimum atomic E-state index is -2.84. The second-order valence-electron chi connectivity index (χ2n) is 10.8. The summed E-state index contributed by atoms with van der Waals surface area (Å²) in [6.07, 6.45) is 10.1. The first-order chi connectivity index (χ1) is 18.3. The molecule has 9 nitrogen and oxygen atoms in total. The molecule has 0 bridgehead atoms. The second kappa shape index (κ2) is 9.92. The molecule has 1 amide bonds. The number of ketones is 1. The molecule has 3 aliphatic rings. The van der Waals surface area contributed by atoms with Gasteiger partial charge in [-0.05, 0) is 74.6 Å². The highest BCUT2D eigenvalue weighted by atomic mass is 32.2. The molecule has 3 N–H and O–H groups in total. The van der Waals surface area contributed by atoms with Crippen molar-refractivity contribution in [2.24, 2.45) is 11.8 Å². The van der Waals surface area contributed by atoms with E-state index in [9.17, 15) is 13.8 Å². The Labute approximate surface area is 226 Å². The van der Waals surface area contributed by atoms with Crippen LogP contribution in [0.3, 0.4) is 0 Å². The van der Waals surface area contributed by atoms with Crippen molar-refractivity contribution in [1.29, 1.82) is 4.78 Å². The molecule has 3 aromatic rings. The number of Topliss-reactive ketones (excluding diaryl/α,β-unsaturated/α-hetero) is 1. The lowest BCUT2D eigenvalue weighted by Gasteiger charge is -2.25. The number of aromatic nitrogens is 3. The Kier molecular flexibility index (Phi) is 6.59. The quantitative estimate of drug-likeness (QED) is 0.339. The number of hydrogen-bond acceptors (Lipinski definition) is 8. The van der Waals surface area contributed by atoms with Crippen LogP contribution in [-0.2, 0) is 33.8 Å². The molecule has 38 heavy (non-hydrogen) atoms. The molecule has 3 aliphatic carbocycles. The van der Waals surface area contributed by atoms with E-state index in [2.05, 4.69) is 20.8 Å². The Bertz CT molecular complexity index is 1500. The highest BCUT2D eigenvalue weighted by Crippen LogP contribution is 2.41. The minimum absolute atomic E-state index is 0.0475. The number of thiophene rings is 1. The SMILES string of the molecule is C[S@](=N)(=O)c1cccc(Nc2nncn2[C@H]2CCc3sc(CC(=O)C4CC4)c(C(=O)NCC4CC4)c3C2)c1.